The molecule has 4 rings (SSSR count). The maximum atomic E-state index is 6.17. The molecule has 23 heavy (non-hydrogen) atoms. The summed E-state index contributed by atoms with van der Waals surface area (Å²) in [5, 5.41) is 12.8. The summed E-state index contributed by atoms with van der Waals surface area (Å²) >= 11 is 6.17. The monoisotopic (exact) mass is 332 g/mol. The van der Waals surface area contributed by atoms with E-state index in [1.54, 1.807) is 4.68 Å². The van der Waals surface area contributed by atoms with Crippen LogP contribution >= 0.6 is 11.6 Å². The van der Waals surface area contributed by atoms with Crippen molar-refractivity contribution >= 4 is 11.6 Å². The van der Waals surface area contributed by atoms with Crippen molar-refractivity contribution in [3.05, 3.63) is 46.2 Å². The highest BCUT2D eigenvalue weighted by Gasteiger charge is 2.44. The lowest BCUT2D eigenvalue weighted by Crippen LogP contribution is -2.50. The molecule has 1 N–H and O–H groups in total. The average Bonchev–Trinajstić information content (AvgIpc) is 2.93. The molecule has 2 aliphatic heterocycles. The Kier molecular flexibility index (Phi) is 3.67. The molecule has 1 saturated heterocycles. The lowest BCUT2D eigenvalue weighted by atomic mass is 9.67. The van der Waals surface area contributed by atoms with Gasteiger partial charge in [0, 0.05) is 29.7 Å². The number of rotatable bonds is 1. The van der Waals surface area contributed by atoms with Crippen LogP contribution in [0.3, 0.4) is 0 Å². The number of nitrogens with zero attached hydrogens (tertiary/aromatic N) is 3. The first-order valence-electron chi connectivity index (χ1n) is 8.05. The standard InChI is InChI=1S/C17H21ClN4O/c1-11-6-17(7-15(19-11)16-8-22(2)21-20-16)10-23-9-12-5-13(18)3-4-14(12)17/h3-5,8,11,15,19H,6-7,9-10H2,1-2H3/t11-,15-,17?/m0/s1. The Hall–Kier alpha value is -1.43. The van der Waals surface area contributed by atoms with Gasteiger partial charge in [-0.15, -0.1) is 5.10 Å². The zero-order valence-corrected chi connectivity index (χ0v) is 14.2. The molecule has 122 valence electrons. The predicted molar refractivity (Wildman–Crippen MR) is 88.4 cm³/mol. The van der Waals surface area contributed by atoms with Gasteiger partial charge in [0.2, 0.25) is 0 Å². The van der Waals surface area contributed by atoms with E-state index in [0.29, 0.717) is 12.6 Å². The van der Waals surface area contributed by atoms with E-state index in [2.05, 4.69) is 28.6 Å². The van der Waals surface area contributed by atoms with Crippen LogP contribution in [0.1, 0.15) is 42.6 Å². The maximum absolute atomic E-state index is 6.17. The summed E-state index contributed by atoms with van der Waals surface area (Å²) in [4.78, 5) is 0. The van der Waals surface area contributed by atoms with Crippen LogP contribution in [-0.2, 0) is 23.8 Å². The van der Waals surface area contributed by atoms with Gasteiger partial charge in [-0.2, -0.15) is 0 Å². The van der Waals surface area contributed by atoms with Gasteiger partial charge in [-0.05, 0) is 43.0 Å². The van der Waals surface area contributed by atoms with Gasteiger partial charge in [-0.3, -0.25) is 4.68 Å². The largest absolute Gasteiger partial charge is 0.376 e. The van der Waals surface area contributed by atoms with Gasteiger partial charge >= 0.3 is 0 Å². The fourth-order valence-corrected chi connectivity index (χ4v) is 4.40. The molecule has 0 aliphatic carbocycles. The Labute approximate surface area is 141 Å². The first-order chi connectivity index (χ1) is 11.1. The Bertz CT molecular complexity index is 731. The third-order valence-corrected chi connectivity index (χ3v) is 5.26. The van der Waals surface area contributed by atoms with E-state index in [-0.39, 0.29) is 11.5 Å². The SMILES string of the molecule is C[C@H]1CC2(COCc3cc(Cl)ccc32)C[C@@H](c2cn(C)nn2)N1. The van der Waals surface area contributed by atoms with Crippen LogP contribution in [0, 0.1) is 0 Å². The van der Waals surface area contributed by atoms with Crippen LogP contribution in [-0.4, -0.2) is 27.6 Å². The number of nitrogens with one attached hydrogen (secondary N) is 1. The van der Waals surface area contributed by atoms with Crippen molar-refractivity contribution in [2.75, 3.05) is 6.61 Å². The number of hydrogen-bond donors (Lipinski definition) is 1. The van der Waals surface area contributed by atoms with Gasteiger partial charge in [-0.25, -0.2) is 0 Å². The minimum Gasteiger partial charge on any atom is -0.376 e. The van der Waals surface area contributed by atoms with Crippen LogP contribution in [0.25, 0.3) is 0 Å². The zero-order chi connectivity index (χ0) is 16.0. The van der Waals surface area contributed by atoms with E-state index in [1.807, 2.05) is 25.4 Å². The molecule has 1 aromatic carbocycles. The lowest BCUT2D eigenvalue weighted by molar-refractivity contribution is 0.0217. The van der Waals surface area contributed by atoms with Crippen molar-refractivity contribution < 1.29 is 4.74 Å². The molecule has 0 bridgehead atoms. The molecule has 1 aromatic heterocycles. The van der Waals surface area contributed by atoms with Crippen LogP contribution in [0.2, 0.25) is 5.02 Å². The van der Waals surface area contributed by atoms with Gasteiger partial charge in [0.15, 0.2) is 0 Å². The van der Waals surface area contributed by atoms with Gasteiger partial charge in [0.05, 0.1) is 24.9 Å². The molecule has 1 spiro atoms. The normalized spacial score (nSPS) is 30.4. The Balaban J connectivity index is 1.73. The smallest absolute Gasteiger partial charge is 0.0996 e. The average molecular weight is 333 g/mol. The summed E-state index contributed by atoms with van der Waals surface area (Å²) in [6, 6.07) is 6.81. The second-order valence-corrected chi connectivity index (χ2v) is 7.36. The van der Waals surface area contributed by atoms with Gasteiger partial charge in [0.25, 0.3) is 0 Å². The quantitative estimate of drug-likeness (QED) is 0.872. The molecule has 0 radical (unpaired) electrons. The van der Waals surface area contributed by atoms with Gasteiger partial charge < -0.3 is 10.1 Å². The molecular formula is C17H21ClN4O. The van der Waals surface area contributed by atoms with Crippen LogP contribution in [0.4, 0.5) is 0 Å². The molecule has 0 saturated carbocycles. The summed E-state index contributed by atoms with van der Waals surface area (Å²) in [5.74, 6) is 0. The van der Waals surface area contributed by atoms with E-state index in [0.717, 1.165) is 30.2 Å². The molecule has 2 aromatic rings. The number of fused-ring (bicyclic) bond motifs is 2. The van der Waals surface area contributed by atoms with Crippen LogP contribution in [0.5, 0.6) is 0 Å². The molecule has 5 nitrogen and oxygen atoms in total. The summed E-state index contributed by atoms with van der Waals surface area (Å²) in [5.41, 5.74) is 3.62. The summed E-state index contributed by atoms with van der Waals surface area (Å²) < 4.78 is 7.71. The molecule has 1 fully saturated rings. The number of ether oxygens (including phenoxy) is 1. The molecule has 1 unspecified atom stereocenters. The highest BCUT2D eigenvalue weighted by Crippen LogP contribution is 2.45. The highest BCUT2D eigenvalue weighted by atomic mass is 35.5. The van der Waals surface area contributed by atoms with Gasteiger partial charge in [-0.1, -0.05) is 22.9 Å². The number of aryl methyl sites for hydroxylation is 1. The Morgan fingerprint density at radius 2 is 2.26 bits per heavy atom. The van der Waals surface area contributed by atoms with Crippen molar-refractivity contribution in [1.29, 1.82) is 0 Å². The molecule has 0 amide bonds. The fourth-order valence-electron chi connectivity index (χ4n) is 4.21. The van der Waals surface area contributed by atoms with E-state index in [9.17, 15) is 0 Å². The Morgan fingerprint density at radius 3 is 3.04 bits per heavy atom. The maximum Gasteiger partial charge on any atom is 0.0996 e. The van der Waals surface area contributed by atoms with E-state index < -0.39 is 0 Å². The third-order valence-electron chi connectivity index (χ3n) is 5.03. The molecule has 2 aliphatic rings. The lowest BCUT2D eigenvalue weighted by Gasteiger charge is -2.47. The minimum atomic E-state index is 0.0189. The summed E-state index contributed by atoms with van der Waals surface area (Å²) in [7, 11) is 1.90. The topological polar surface area (TPSA) is 52.0 Å². The van der Waals surface area contributed by atoms with Crippen molar-refractivity contribution in [3.63, 3.8) is 0 Å². The highest BCUT2D eigenvalue weighted by molar-refractivity contribution is 6.30. The zero-order valence-electron chi connectivity index (χ0n) is 13.4. The predicted octanol–water partition coefficient (Wildman–Crippen LogP) is 2.75. The van der Waals surface area contributed by atoms with E-state index >= 15 is 0 Å². The van der Waals surface area contributed by atoms with Crippen molar-refractivity contribution in [2.45, 2.75) is 43.9 Å². The van der Waals surface area contributed by atoms with E-state index in [1.165, 1.54) is 11.1 Å². The molecule has 3 heterocycles. The first kappa shape index (κ1) is 15.1. The second-order valence-electron chi connectivity index (χ2n) is 6.92. The second kappa shape index (κ2) is 5.58. The summed E-state index contributed by atoms with van der Waals surface area (Å²) in [6.07, 6.45) is 4.01. The van der Waals surface area contributed by atoms with Crippen molar-refractivity contribution in [3.8, 4) is 0 Å². The molecular weight excluding hydrogens is 312 g/mol. The minimum absolute atomic E-state index is 0.0189. The molecule has 3 atom stereocenters. The molecule has 6 heteroatoms. The third kappa shape index (κ3) is 2.67. The summed E-state index contributed by atoms with van der Waals surface area (Å²) in [6.45, 7) is 3.63. The number of piperidine rings is 1. The van der Waals surface area contributed by atoms with E-state index in [4.69, 9.17) is 16.3 Å². The number of halogens is 1. The number of hydrogen-bond acceptors (Lipinski definition) is 4. The number of benzene rings is 1. The van der Waals surface area contributed by atoms with Crippen molar-refractivity contribution in [1.82, 2.24) is 20.3 Å². The number of aromatic nitrogens is 3. The van der Waals surface area contributed by atoms with Crippen LogP contribution in [0.15, 0.2) is 24.4 Å². The van der Waals surface area contributed by atoms with Gasteiger partial charge in [0.1, 0.15) is 0 Å². The fraction of sp³-hybridized carbons (Fsp3) is 0.529. The first-order valence-corrected chi connectivity index (χ1v) is 8.42. The van der Waals surface area contributed by atoms with Crippen molar-refractivity contribution in [2.24, 2.45) is 7.05 Å². The van der Waals surface area contributed by atoms with Crippen LogP contribution < -0.4 is 5.32 Å². The Morgan fingerprint density at radius 1 is 1.39 bits per heavy atom.